The summed E-state index contributed by atoms with van der Waals surface area (Å²) < 4.78 is 11.6. The molecular formula is C30H35ClN4O4. The van der Waals surface area contributed by atoms with E-state index in [1.165, 1.54) is 6.20 Å². The lowest BCUT2D eigenvalue weighted by atomic mass is 10.0. The number of hydrogen-bond acceptors (Lipinski definition) is 7. The van der Waals surface area contributed by atoms with Crippen molar-refractivity contribution in [3.63, 3.8) is 0 Å². The molecule has 0 amide bonds. The zero-order valence-corrected chi connectivity index (χ0v) is 22.9. The van der Waals surface area contributed by atoms with Crippen molar-refractivity contribution in [1.82, 2.24) is 14.9 Å². The van der Waals surface area contributed by atoms with Gasteiger partial charge in [-0.3, -0.25) is 4.90 Å². The molecule has 5 rings (SSSR count). The quantitative estimate of drug-likeness (QED) is 0.332. The Morgan fingerprint density at radius 1 is 1.08 bits per heavy atom. The molecule has 0 aliphatic carbocycles. The van der Waals surface area contributed by atoms with E-state index in [2.05, 4.69) is 14.8 Å². The molecule has 2 aromatic carbocycles. The number of halogens is 1. The lowest BCUT2D eigenvalue weighted by Gasteiger charge is -2.26. The SMILES string of the molecule is O=C(O)c1cnc(N2CCC[C@@H]2c2ccc(Cl)cc2)nc1CCc1ccccc1OCCCN1CCOCC1. The van der Waals surface area contributed by atoms with Crippen molar-refractivity contribution < 1.29 is 19.4 Å². The molecule has 0 unspecified atom stereocenters. The number of anilines is 1. The predicted octanol–water partition coefficient (Wildman–Crippen LogP) is 5.06. The maximum Gasteiger partial charge on any atom is 0.339 e. The van der Waals surface area contributed by atoms with Crippen molar-refractivity contribution in [3.05, 3.63) is 82.1 Å². The first kappa shape index (κ1) is 27.4. The number of carboxylic acid groups (broad SMARTS) is 1. The van der Waals surface area contributed by atoms with Crippen molar-refractivity contribution in [3.8, 4) is 5.75 Å². The molecule has 0 spiro atoms. The number of hydrogen-bond donors (Lipinski definition) is 1. The van der Waals surface area contributed by atoms with Crippen LogP contribution in [0.3, 0.4) is 0 Å². The predicted molar refractivity (Wildman–Crippen MR) is 151 cm³/mol. The molecule has 3 heterocycles. The van der Waals surface area contributed by atoms with Crippen LogP contribution in [-0.4, -0.2) is 71.9 Å². The highest BCUT2D eigenvalue weighted by Crippen LogP contribution is 2.35. The molecule has 3 aromatic rings. The Bertz CT molecular complexity index is 1250. The Morgan fingerprint density at radius 3 is 2.67 bits per heavy atom. The van der Waals surface area contributed by atoms with E-state index in [0.29, 0.717) is 36.1 Å². The minimum Gasteiger partial charge on any atom is -0.493 e. The molecule has 1 N–H and O–H groups in total. The van der Waals surface area contributed by atoms with Gasteiger partial charge in [0.05, 0.1) is 37.1 Å². The summed E-state index contributed by atoms with van der Waals surface area (Å²) in [5, 5.41) is 10.5. The van der Waals surface area contributed by atoms with Gasteiger partial charge in [0.2, 0.25) is 5.95 Å². The molecule has 9 heteroatoms. The zero-order valence-electron chi connectivity index (χ0n) is 22.1. The minimum atomic E-state index is -1.01. The fourth-order valence-corrected chi connectivity index (χ4v) is 5.48. The molecule has 1 aromatic heterocycles. The molecule has 206 valence electrons. The highest BCUT2D eigenvalue weighted by Gasteiger charge is 2.29. The Labute approximate surface area is 234 Å². The smallest absolute Gasteiger partial charge is 0.339 e. The lowest BCUT2D eigenvalue weighted by molar-refractivity contribution is 0.0358. The van der Waals surface area contributed by atoms with Gasteiger partial charge < -0.3 is 19.5 Å². The molecule has 39 heavy (non-hydrogen) atoms. The third-order valence-corrected chi connectivity index (χ3v) is 7.69. The number of aromatic carboxylic acids is 1. The summed E-state index contributed by atoms with van der Waals surface area (Å²) in [6, 6.07) is 16.0. The molecule has 2 fully saturated rings. The molecule has 0 bridgehead atoms. The fourth-order valence-electron chi connectivity index (χ4n) is 5.35. The van der Waals surface area contributed by atoms with E-state index in [4.69, 9.17) is 26.1 Å². The molecule has 0 saturated carbocycles. The van der Waals surface area contributed by atoms with Crippen LogP contribution in [0.25, 0.3) is 0 Å². The summed E-state index contributed by atoms with van der Waals surface area (Å²) in [6.45, 7) is 5.99. The summed E-state index contributed by atoms with van der Waals surface area (Å²) in [5.74, 6) is 0.396. The average molecular weight is 551 g/mol. The zero-order chi connectivity index (χ0) is 27.0. The van der Waals surface area contributed by atoms with Crippen LogP contribution in [0.5, 0.6) is 5.75 Å². The van der Waals surface area contributed by atoms with E-state index >= 15 is 0 Å². The number of carbonyl (C=O) groups is 1. The largest absolute Gasteiger partial charge is 0.493 e. The van der Waals surface area contributed by atoms with E-state index in [9.17, 15) is 9.90 Å². The van der Waals surface area contributed by atoms with Gasteiger partial charge >= 0.3 is 5.97 Å². The molecule has 2 aliphatic heterocycles. The van der Waals surface area contributed by atoms with Gasteiger partial charge in [-0.05, 0) is 61.4 Å². The van der Waals surface area contributed by atoms with E-state index in [1.54, 1.807) is 0 Å². The van der Waals surface area contributed by atoms with Crippen molar-refractivity contribution in [2.24, 2.45) is 0 Å². The fraction of sp³-hybridized carbons (Fsp3) is 0.433. The van der Waals surface area contributed by atoms with E-state index in [0.717, 1.165) is 75.5 Å². The third-order valence-electron chi connectivity index (χ3n) is 7.43. The molecule has 2 saturated heterocycles. The summed E-state index contributed by atoms with van der Waals surface area (Å²) in [5.41, 5.74) is 2.88. The Morgan fingerprint density at radius 2 is 1.87 bits per heavy atom. The number of ether oxygens (including phenoxy) is 2. The average Bonchev–Trinajstić information content (AvgIpc) is 3.45. The van der Waals surface area contributed by atoms with Crippen LogP contribution in [0.2, 0.25) is 5.02 Å². The summed E-state index contributed by atoms with van der Waals surface area (Å²) in [7, 11) is 0. The molecule has 0 radical (unpaired) electrons. The Kier molecular flexibility index (Phi) is 9.29. The first-order chi connectivity index (χ1) is 19.1. The van der Waals surface area contributed by atoms with Gasteiger partial charge in [-0.2, -0.15) is 0 Å². The Balaban J connectivity index is 1.26. The van der Waals surface area contributed by atoms with Gasteiger partial charge in [0.1, 0.15) is 5.75 Å². The van der Waals surface area contributed by atoms with Crippen LogP contribution in [0.1, 0.15) is 52.5 Å². The van der Waals surface area contributed by atoms with E-state index < -0.39 is 5.97 Å². The topological polar surface area (TPSA) is 88.0 Å². The van der Waals surface area contributed by atoms with Crippen LogP contribution in [0.4, 0.5) is 5.95 Å². The molecule has 1 atom stereocenters. The number of morpholine rings is 1. The Hall–Kier alpha value is -3.20. The highest BCUT2D eigenvalue weighted by atomic mass is 35.5. The van der Waals surface area contributed by atoms with E-state index in [1.807, 2.05) is 48.5 Å². The highest BCUT2D eigenvalue weighted by molar-refractivity contribution is 6.30. The monoisotopic (exact) mass is 550 g/mol. The van der Waals surface area contributed by atoms with Gasteiger partial charge in [0, 0.05) is 37.4 Å². The minimum absolute atomic E-state index is 0.136. The normalized spacial score (nSPS) is 17.9. The first-order valence-electron chi connectivity index (χ1n) is 13.7. The third kappa shape index (κ3) is 7.06. The number of para-hydroxylation sites is 1. The van der Waals surface area contributed by atoms with E-state index in [-0.39, 0.29) is 11.6 Å². The van der Waals surface area contributed by atoms with Gasteiger partial charge in [0.15, 0.2) is 0 Å². The first-order valence-corrected chi connectivity index (χ1v) is 14.1. The molecular weight excluding hydrogens is 516 g/mol. The number of benzene rings is 2. The van der Waals surface area contributed by atoms with Crippen LogP contribution < -0.4 is 9.64 Å². The second-order valence-corrected chi connectivity index (χ2v) is 10.4. The van der Waals surface area contributed by atoms with Crippen molar-refractivity contribution in [2.75, 3.05) is 50.9 Å². The standard InChI is InChI=1S/C30H35ClN4O4/c31-24-11-8-22(9-12-24)27-6-3-15-35(27)30-32-21-25(29(36)37)26(33-30)13-10-23-5-1-2-7-28(23)39-18-4-14-34-16-19-38-20-17-34/h1-2,5,7-9,11-12,21,27H,3-4,6,10,13-20H2,(H,36,37)/t27-/m1/s1. The van der Waals surface area contributed by atoms with Crippen LogP contribution in [-0.2, 0) is 17.6 Å². The second-order valence-electron chi connectivity index (χ2n) is 10.0. The van der Waals surface area contributed by atoms with Crippen LogP contribution >= 0.6 is 11.6 Å². The number of carboxylic acids is 1. The summed E-state index contributed by atoms with van der Waals surface area (Å²) in [4.78, 5) is 25.8. The van der Waals surface area contributed by atoms with Crippen molar-refractivity contribution in [2.45, 2.75) is 38.1 Å². The summed E-state index contributed by atoms with van der Waals surface area (Å²) >= 11 is 6.09. The van der Waals surface area contributed by atoms with Gasteiger partial charge in [-0.1, -0.05) is 41.9 Å². The number of aryl methyl sites for hydroxylation is 2. The van der Waals surface area contributed by atoms with Gasteiger partial charge in [-0.25, -0.2) is 14.8 Å². The van der Waals surface area contributed by atoms with Crippen molar-refractivity contribution >= 4 is 23.5 Å². The second kappa shape index (κ2) is 13.2. The lowest BCUT2D eigenvalue weighted by Crippen LogP contribution is -2.37. The molecule has 2 aliphatic rings. The van der Waals surface area contributed by atoms with Crippen LogP contribution in [0.15, 0.2) is 54.7 Å². The van der Waals surface area contributed by atoms with Crippen LogP contribution in [0, 0.1) is 0 Å². The number of nitrogens with zero attached hydrogens (tertiary/aromatic N) is 4. The van der Waals surface area contributed by atoms with Crippen molar-refractivity contribution in [1.29, 1.82) is 0 Å². The summed E-state index contributed by atoms with van der Waals surface area (Å²) in [6.07, 6.45) is 5.49. The number of aromatic nitrogens is 2. The maximum absolute atomic E-state index is 12.0. The number of rotatable bonds is 11. The molecule has 8 nitrogen and oxygen atoms in total. The maximum atomic E-state index is 12.0. The van der Waals surface area contributed by atoms with Gasteiger partial charge in [-0.15, -0.1) is 0 Å². The van der Waals surface area contributed by atoms with Gasteiger partial charge in [0.25, 0.3) is 0 Å².